The highest BCUT2D eigenvalue weighted by molar-refractivity contribution is 6.33. The van der Waals surface area contributed by atoms with Crippen LogP contribution in [0.3, 0.4) is 0 Å². The fourth-order valence-corrected chi connectivity index (χ4v) is 9.74. The molecule has 0 saturated carbocycles. The summed E-state index contributed by atoms with van der Waals surface area (Å²) in [6.45, 7) is 16.3. The van der Waals surface area contributed by atoms with Gasteiger partial charge in [0, 0.05) is 0 Å². The number of aliphatic hydroxyl groups excluding tert-OH is 1. The third-order valence-electron chi connectivity index (χ3n) is 14.4. The number of carbonyl (C=O) groups excluding carboxylic acids is 1. The van der Waals surface area contributed by atoms with Crippen molar-refractivity contribution in [3.8, 4) is 57.5 Å². The van der Waals surface area contributed by atoms with E-state index >= 15 is 0 Å². The number of Topliss-reactive ketones (excluding diaryl/α,β-unsaturated/α-hetero) is 1. The fourth-order valence-electron chi connectivity index (χ4n) is 9.74. The number of rotatable bonds is 42. The lowest BCUT2D eigenvalue weighted by Crippen LogP contribution is -2.28. The molecule has 0 radical (unpaired) electrons. The van der Waals surface area contributed by atoms with Crippen LogP contribution in [0.25, 0.3) is 29.9 Å². The molecule has 0 bridgehead atoms. The topological polar surface area (TPSA) is 174 Å². The van der Waals surface area contributed by atoms with Gasteiger partial charge in [0.25, 0.3) is 0 Å². The van der Waals surface area contributed by atoms with Crippen molar-refractivity contribution in [3.05, 3.63) is 87.7 Å². The van der Waals surface area contributed by atoms with Gasteiger partial charge in [0.15, 0.2) is 28.8 Å². The molecule has 0 saturated heterocycles. The van der Waals surface area contributed by atoms with Gasteiger partial charge in [0.2, 0.25) is 11.5 Å². The van der Waals surface area contributed by atoms with E-state index in [4.69, 9.17) is 28.4 Å². The first kappa shape index (κ1) is 64.4. The first-order valence-corrected chi connectivity index (χ1v) is 30.6. The molecule has 1 atom stereocenters. The summed E-state index contributed by atoms with van der Waals surface area (Å²) in [7, 11) is 0. The van der Waals surface area contributed by atoms with Gasteiger partial charge < -0.3 is 54.0 Å². The Morgan fingerprint density at radius 2 is 0.613 bits per heavy atom. The number of hydrogen-bond donors (Lipinski definition) is 5. The van der Waals surface area contributed by atoms with E-state index in [1.807, 2.05) is 36.4 Å². The molecule has 0 aromatic heterocycles. The van der Waals surface area contributed by atoms with Crippen molar-refractivity contribution >= 4 is 35.7 Å². The summed E-state index contributed by atoms with van der Waals surface area (Å²) in [5, 5.41) is 56.9. The van der Waals surface area contributed by atoms with Gasteiger partial charge in [-0.2, -0.15) is 0 Å². The van der Waals surface area contributed by atoms with E-state index in [0.717, 1.165) is 165 Å². The molecule has 1 unspecified atom stereocenters. The van der Waals surface area contributed by atoms with Crippen molar-refractivity contribution in [2.45, 2.75) is 202 Å². The molecular formula is C68H96O12. The Kier molecular flexibility index (Phi) is 29.0. The molecule has 1 aliphatic rings. The number of ether oxygens (including phenoxy) is 6. The largest absolute Gasteiger partial charge is 0.510 e. The average molecular weight is 1110 g/mol. The highest BCUT2D eigenvalue weighted by Gasteiger charge is 2.46. The second kappa shape index (κ2) is 36.0. The summed E-state index contributed by atoms with van der Waals surface area (Å²) >= 11 is 0. The van der Waals surface area contributed by atoms with Crippen molar-refractivity contribution in [2.24, 2.45) is 0 Å². The predicted octanol–water partition coefficient (Wildman–Crippen LogP) is 18.2. The van der Waals surface area contributed by atoms with Gasteiger partial charge in [0.05, 0.1) is 56.3 Å². The molecule has 12 nitrogen and oxygen atoms in total. The van der Waals surface area contributed by atoms with Gasteiger partial charge in [-0.3, -0.25) is 4.79 Å². The number of ketones is 1. The van der Waals surface area contributed by atoms with Crippen LogP contribution in [0.4, 0.5) is 0 Å². The van der Waals surface area contributed by atoms with Crippen LogP contribution in [0.2, 0.25) is 0 Å². The Bertz CT molecular complexity index is 2480. The van der Waals surface area contributed by atoms with Crippen LogP contribution < -0.4 is 28.4 Å². The first-order chi connectivity index (χ1) is 39.0. The number of allylic oxidation sites excluding steroid dienone is 2. The summed E-state index contributed by atoms with van der Waals surface area (Å²) in [4.78, 5) is 13.9. The number of aliphatic hydroxyl groups is 1. The van der Waals surface area contributed by atoms with Gasteiger partial charge >= 0.3 is 0 Å². The molecule has 5 N–H and O–H groups in total. The number of phenolic OH excluding ortho intramolecular Hbond substituents is 4. The Hall–Kier alpha value is -6.43. The number of aromatic hydroxyl groups is 4. The Morgan fingerprint density at radius 3 is 0.887 bits per heavy atom. The monoisotopic (exact) mass is 1100 g/mol. The van der Waals surface area contributed by atoms with Crippen molar-refractivity contribution in [1.82, 2.24) is 0 Å². The molecule has 0 spiro atoms. The number of phenols is 4. The summed E-state index contributed by atoms with van der Waals surface area (Å²) < 4.78 is 38.3. The van der Waals surface area contributed by atoms with Gasteiger partial charge in [-0.1, -0.05) is 181 Å². The molecule has 12 heteroatoms. The van der Waals surface area contributed by atoms with E-state index in [1.165, 1.54) is 24.3 Å². The van der Waals surface area contributed by atoms with Crippen LogP contribution in [-0.4, -0.2) is 71.0 Å². The average Bonchev–Trinajstić information content (AvgIpc) is 3.61. The Labute approximate surface area is 478 Å². The molecule has 0 heterocycles. The number of unbranched alkanes of at least 4 members (excludes halogenated alkanes) is 18. The van der Waals surface area contributed by atoms with E-state index in [2.05, 4.69) is 41.5 Å². The number of hydrogen-bond acceptors (Lipinski definition) is 12. The van der Waals surface area contributed by atoms with Crippen LogP contribution in [0.5, 0.6) is 57.5 Å². The van der Waals surface area contributed by atoms with E-state index in [0.29, 0.717) is 85.3 Å². The molecule has 0 fully saturated rings. The molecule has 4 aromatic carbocycles. The van der Waals surface area contributed by atoms with Crippen molar-refractivity contribution in [3.63, 3.8) is 0 Å². The summed E-state index contributed by atoms with van der Waals surface area (Å²) in [5.74, 6) is -0.790. The lowest BCUT2D eigenvalue weighted by Gasteiger charge is -2.30. The molecule has 5 rings (SSSR count). The number of carbonyl (C=O) groups is 1. The smallest absolute Gasteiger partial charge is 0.203 e. The molecule has 4 aromatic rings. The molecular weight excluding hydrogens is 1010 g/mol. The second-order valence-corrected chi connectivity index (χ2v) is 21.3. The minimum absolute atomic E-state index is 0.189. The summed E-state index contributed by atoms with van der Waals surface area (Å²) in [6.07, 6.45) is 32.5. The Morgan fingerprint density at radius 1 is 0.350 bits per heavy atom. The van der Waals surface area contributed by atoms with Crippen LogP contribution in [0.15, 0.2) is 54.3 Å². The summed E-state index contributed by atoms with van der Waals surface area (Å²) in [6, 6.07) is 13.3. The zero-order valence-electron chi connectivity index (χ0n) is 49.3. The van der Waals surface area contributed by atoms with Crippen LogP contribution in [0, 0.1) is 0 Å². The van der Waals surface area contributed by atoms with Gasteiger partial charge in [-0.15, -0.1) is 0 Å². The molecule has 1 aliphatic carbocycles. The maximum absolute atomic E-state index is 13.9. The van der Waals surface area contributed by atoms with Gasteiger partial charge in [-0.05, 0) is 109 Å². The van der Waals surface area contributed by atoms with Crippen LogP contribution in [0.1, 0.15) is 235 Å². The molecule has 440 valence electrons. The highest BCUT2D eigenvalue weighted by Crippen LogP contribution is 2.52. The SMILES string of the molecule is CCCCCCOc1cc(/C=C/c2cc(O)c(C3=C(O)C(c4c(O)cc(/C=C/c5cc(OCCCCCC)c(OCCCCCC)c(OCCCCCC)c5)cc4O)C3=O)c(O)c2)cc(OCCCCCC)c1OCCCCCC. The fraction of sp³-hybridized carbons (Fsp3) is 0.544. The number of benzene rings is 4. The maximum atomic E-state index is 13.9. The normalized spacial score (nSPS) is 13.4. The zero-order chi connectivity index (χ0) is 57.5. The van der Waals surface area contributed by atoms with E-state index in [9.17, 15) is 30.3 Å². The minimum atomic E-state index is -1.43. The zero-order valence-corrected chi connectivity index (χ0v) is 49.3. The predicted molar refractivity (Wildman–Crippen MR) is 325 cm³/mol. The van der Waals surface area contributed by atoms with E-state index in [-0.39, 0.29) is 16.7 Å². The third kappa shape index (κ3) is 20.0. The quantitative estimate of drug-likeness (QED) is 0.0210. The third-order valence-corrected chi connectivity index (χ3v) is 14.4. The lowest BCUT2D eigenvalue weighted by atomic mass is 9.73. The van der Waals surface area contributed by atoms with E-state index < -0.39 is 40.5 Å². The molecule has 80 heavy (non-hydrogen) atoms. The highest BCUT2D eigenvalue weighted by atomic mass is 16.5. The van der Waals surface area contributed by atoms with Crippen LogP contribution >= 0.6 is 0 Å². The Balaban J connectivity index is 1.39. The second-order valence-electron chi connectivity index (χ2n) is 21.3. The first-order valence-electron chi connectivity index (χ1n) is 30.6. The van der Waals surface area contributed by atoms with Crippen molar-refractivity contribution in [1.29, 1.82) is 0 Å². The van der Waals surface area contributed by atoms with Gasteiger partial charge in [-0.25, -0.2) is 0 Å². The lowest BCUT2D eigenvalue weighted by molar-refractivity contribution is -0.116. The molecule has 0 aliphatic heterocycles. The maximum Gasteiger partial charge on any atom is 0.203 e. The van der Waals surface area contributed by atoms with Gasteiger partial charge in [0.1, 0.15) is 34.7 Å². The van der Waals surface area contributed by atoms with E-state index in [1.54, 1.807) is 12.2 Å². The van der Waals surface area contributed by atoms with Crippen molar-refractivity contribution < 1.29 is 58.7 Å². The standard InChI is InChI=1S/C68H96O12/c1-7-13-19-25-35-75-57-45-51(46-58(76-36-26-20-14-8-2)67(57)79-39-29-23-17-11-5)33-31-49-41-53(69)61(54(70)42-49)63-65(73)64(66(63)74)62-55(71)43-50(44-56(62)72)32-34-52-47-59(77-37-27-21-15-9-3)68(80-40-30-24-18-12-6)60(48-52)78-38-28-22-16-10-4/h31-34,41-48,63,69-73H,7-30,35-40H2,1-6H3/b33-31+,34-32+. The molecule has 0 amide bonds. The summed E-state index contributed by atoms with van der Waals surface area (Å²) in [5.41, 5.74) is 1.61. The minimum Gasteiger partial charge on any atom is -0.510 e. The van der Waals surface area contributed by atoms with Crippen molar-refractivity contribution in [2.75, 3.05) is 39.6 Å². The van der Waals surface area contributed by atoms with Crippen LogP contribution in [-0.2, 0) is 4.79 Å².